The van der Waals surface area contributed by atoms with Crippen molar-refractivity contribution in [1.82, 2.24) is 9.97 Å². The Morgan fingerprint density at radius 1 is 1.85 bits per heavy atom. The second-order valence-electron chi connectivity index (χ2n) is 2.49. The van der Waals surface area contributed by atoms with Crippen LogP contribution in [0.4, 0.5) is 5.82 Å². The number of aromatic nitrogens is 2. The number of aryl methyl sites for hydroxylation is 1. The van der Waals surface area contributed by atoms with E-state index in [1.807, 2.05) is 0 Å². The van der Waals surface area contributed by atoms with Crippen molar-refractivity contribution in [1.29, 1.82) is 0 Å². The minimum absolute atomic E-state index is 0.00231. The Hall–Kier alpha value is -1.69. The Morgan fingerprint density at radius 3 is 2.92 bits per heavy atom. The largest absolute Gasteiger partial charge is 0.382 e. The van der Waals surface area contributed by atoms with Gasteiger partial charge >= 0.3 is 5.82 Å². The highest BCUT2D eigenvalue weighted by Gasteiger charge is 2.22. The number of aliphatic hydroxyl groups is 1. The minimum atomic E-state index is -1.11. The third-order valence-electron chi connectivity index (χ3n) is 1.52. The zero-order valence-corrected chi connectivity index (χ0v) is 7.02. The normalized spacial score (nSPS) is 12.5. The second-order valence-corrected chi connectivity index (χ2v) is 2.49. The van der Waals surface area contributed by atoms with Crippen LogP contribution in [0.2, 0.25) is 0 Å². The molecule has 0 amide bonds. The number of rotatable bonds is 3. The average Bonchev–Trinajstić information content (AvgIpc) is 2.46. The number of aliphatic hydroxyl groups excluding tert-OH is 1. The van der Waals surface area contributed by atoms with Gasteiger partial charge in [0.15, 0.2) is 11.5 Å². The van der Waals surface area contributed by atoms with Crippen molar-refractivity contribution in [3.8, 4) is 0 Å². The molecule has 0 spiro atoms. The van der Waals surface area contributed by atoms with E-state index in [9.17, 15) is 15.2 Å². The van der Waals surface area contributed by atoms with Gasteiger partial charge in [-0.2, -0.15) is 0 Å². The van der Waals surface area contributed by atoms with E-state index in [-0.39, 0.29) is 11.5 Å². The van der Waals surface area contributed by atoms with Crippen LogP contribution in [0, 0.1) is 17.0 Å². The van der Waals surface area contributed by atoms with Crippen LogP contribution in [0.5, 0.6) is 0 Å². The molecule has 6 nitrogen and oxygen atoms in total. The Morgan fingerprint density at radius 2 is 2.46 bits per heavy atom. The number of hydrogen-bond acceptors (Lipinski definition) is 4. The SMILES string of the molecule is C=CC(O)c1nc(C)[nH]c1[N+](=O)[O-]. The van der Waals surface area contributed by atoms with Crippen LogP contribution in [0.3, 0.4) is 0 Å². The van der Waals surface area contributed by atoms with Crippen molar-refractivity contribution >= 4 is 5.82 Å². The number of aromatic amines is 1. The molecule has 1 aromatic rings. The third-order valence-corrected chi connectivity index (χ3v) is 1.52. The summed E-state index contributed by atoms with van der Waals surface area (Å²) in [4.78, 5) is 16.0. The van der Waals surface area contributed by atoms with Gasteiger partial charge in [0.2, 0.25) is 0 Å². The van der Waals surface area contributed by atoms with Gasteiger partial charge in [-0.1, -0.05) is 6.08 Å². The molecule has 1 unspecified atom stereocenters. The Kier molecular flexibility index (Phi) is 2.43. The molecule has 1 heterocycles. The highest BCUT2D eigenvalue weighted by Crippen LogP contribution is 2.22. The number of nitro groups is 1. The molecule has 0 fully saturated rings. The summed E-state index contributed by atoms with van der Waals surface area (Å²) >= 11 is 0. The molecule has 0 aliphatic rings. The van der Waals surface area contributed by atoms with Crippen LogP contribution >= 0.6 is 0 Å². The van der Waals surface area contributed by atoms with Gasteiger partial charge in [-0.25, -0.2) is 9.97 Å². The summed E-state index contributed by atoms with van der Waals surface area (Å²) in [7, 11) is 0. The molecule has 0 bridgehead atoms. The molecule has 0 aromatic carbocycles. The number of imidazole rings is 1. The molecule has 70 valence electrons. The van der Waals surface area contributed by atoms with E-state index >= 15 is 0 Å². The molecular weight excluding hydrogens is 174 g/mol. The van der Waals surface area contributed by atoms with Gasteiger partial charge in [-0.15, -0.1) is 6.58 Å². The summed E-state index contributed by atoms with van der Waals surface area (Å²) in [6.07, 6.45) is 0.0770. The summed E-state index contributed by atoms with van der Waals surface area (Å²) in [6, 6.07) is 0. The molecule has 1 aromatic heterocycles. The molecule has 1 rings (SSSR count). The van der Waals surface area contributed by atoms with Crippen LogP contribution in [-0.4, -0.2) is 20.0 Å². The molecule has 13 heavy (non-hydrogen) atoms. The molecule has 0 aliphatic heterocycles. The Bertz CT molecular complexity index is 345. The lowest BCUT2D eigenvalue weighted by Crippen LogP contribution is -1.98. The fourth-order valence-corrected chi connectivity index (χ4v) is 0.954. The predicted octanol–water partition coefficient (Wildman–Crippen LogP) is 0.846. The zero-order valence-electron chi connectivity index (χ0n) is 7.02. The fourth-order valence-electron chi connectivity index (χ4n) is 0.954. The smallest absolute Gasteiger partial charge is 0.346 e. The first-order chi connectivity index (χ1) is 6.06. The average molecular weight is 183 g/mol. The maximum Gasteiger partial charge on any atom is 0.346 e. The first kappa shape index (κ1) is 9.40. The van der Waals surface area contributed by atoms with E-state index in [1.165, 1.54) is 6.08 Å². The van der Waals surface area contributed by atoms with Crippen molar-refractivity contribution in [2.75, 3.05) is 0 Å². The van der Waals surface area contributed by atoms with Crippen LogP contribution in [0.25, 0.3) is 0 Å². The molecule has 2 N–H and O–H groups in total. The van der Waals surface area contributed by atoms with Crippen LogP contribution in [0.15, 0.2) is 12.7 Å². The first-order valence-corrected chi connectivity index (χ1v) is 3.57. The van der Waals surface area contributed by atoms with Gasteiger partial charge < -0.3 is 15.2 Å². The van der Waals surface area contributed by atoms with Crippen LogP contribution < -0.4 is 0 Å². The molecule has 0 aliphatic carbocycles. The van der Waals surface area contributed by atoms with E-state index in [1.54, 1.807) is 6.92 Å². The minimum Gasteiger partial charge on any atom is -0.382 e. The van der Waals surface area contributed by atoms with E-state index in [2.05, 4.69) is 16.5 Å². The highest BCUT2D eigenvalue weighted by atomic mass is 16.6. The summed E-state index contributed by atoms with van der Waals surface area (Å²) in [5, 5.41) is 19.7. The van der Waals surface area contributed by atoms with Crippen molar-refractivity contribution < 1.29 is 10.0 Å². The quantitative estimate of drug-likeness (QED) is 0.412. The Labute approximate surface area is 74.1 Å². The van der Waals surface area contributed by atoms with Crippen molar-refractivity contribution in [3.63, 3.8) is 0 Å². The highest BCUT2D eigenvalue weighted by molar-refractivity contribution is 5.31. The number of hydrogen-bond donors (Lipinski definition) is 2. The predicted molar refractivity (Wildman–Crippen MR) is 45.1 cm³/mol. The fraction of sp³-hybridized carbons (Fsp3) is 0.286. The first-order valence-electron chi connectivity index (χ1n) is 3.57. The van der Waals surface area contributed by atoms with E-state index in [0.717, 1.165) is 0 Å². The lowest BCUT2D eigenvalue weighted by molar-refractivity contribution is -0.390. The summed E-state index contributed by atoms with van der Waals surface area (Å²) in [6.45, 7) is 4.90. The molecule has 0 saturated carbocycles. The van der Waals surface area contributed by atoms with Crippen molar-refractivity contribution in [2.45, 2.75) is 13.0 Å². The van der Waals surface area contributed by atoms with Gasteiger partial charge in [-0.3, -0.25) is 0 Å². The standard InChI is InChI=1S/C7H9N3O3/c1-3-5(11)6-7(10(12)13)9-4(2)8-6/h3,5,11H,1H2,2H3,(H,8,9). The van der Waals surface area contributed by atoms with Crippen molar-refractivity contribution in [2.24, 2.45) is 0 Å². The van der Waals surface area contributed by atoms with Gasteiger partial charge in [0, 0.05) is 6.92 Å². The maximum absolute atomic E-state index is 10.4. The summed E-state index contributed by atoms with van der Waals surface area (Å²) in [5.41, 5.74) is -0.00231. The monoisotopic (exact) mass is 183 g/mol. The van der Waals surface area contributed by atoms with Gasteiger partial charge in [0.25, 0.3) is 0 Å². The maximum atomic E-state index is 10.4. The molecule has 0 radical (unpaired) electrons. The lowest BCUT2D eigenvalue weighted by atomic mass is 10.2. The van der Waals surface area contributed by atoms with Crippen molar-refractivity contribution in [3.05, 3.63) is 34.3 Å². The van der Waals surface area contributed by atoms with Gasteiger partial charge in [0.1, 0.15) is 6.10 Å². The number of nitrogens with zero attached hydrogens (tertiary/aromatic N) is 2. The zero-order chi connectivity index (χ0) is 10.0. The van der Waals surface area contributed by atoms with Gasteiger partial charge in [-0.05, 0) is 4.92 Å². The lowest BCUT2D eigenvalue weighted by Gasteiger charge is -1.99. The number of H-pyrrole nitrogens is 1. The second kappa shape index (κ2) is 3.36. The van der Waals surface area contributed by atoms with Crippen LogP contribution in [0.1, 0.15) is 17.6 Å². The third kappa shape index (κ3) is 1.73. The summed E-state index contributed by atoms with van der Waals surface area (Å²) in [5.74, 6) is 0.104. The molecule has 0 saturated heterocycles. The van der Waals surface area contributed by atoms with Gasteiger partial charge in [0.05, 0.1) is 0 Å². The number of nitrogens with one attached hydrogen (secondary N) is 1. The molecule has 6 heteroatoms. The summed E-state index contributed by atoms with van der Waals surface area (Å²) < 4.78 is 0. The molecule has 1 atom stereocenters. The topological polar surface area (TPSA) is 92.1 Å². The van der Waals surface area contributed by atoms with E-state index < -0.39 is 11.0 Å². The Balaban J connectivity index is 3.18. The molecular formula is C7H9N3O3. The van der Waals surface area contributed by atoms with E-state index in [0.29, 0.717) is 5.82 Å². The van der Waals surface area contributed by atoms with E-state index in [4.69, 9.17) is 0 Å². The van der Waals surface area contributed by atoms with Crippen LogP contribution in [-0.2, 0) is 0 Å².